The largest absolute Gasteiger partial charge is 0.495 e. The van der Waals surface area contributed by atoms with E-state index < -0.39 is 18.5 Å². The smallest absolute Gasteiger partial charge is 0.401 e. The molecule has 0 saturated carbocycles. The second-order valence-corrected chi connectivity index (χ2v) is 4.47. The fourth-order valence-electron chi connectivity index (χ4n) is 1.54. The van der Waals surface area contributed by atoms with Crippen LogP contribution in [0.2, 0.25) is 5.02 Å². The summed E-state index contributed by atoms with van der Waals surface area (Å²) in [7, 11) is 2.66. The number of methoxy groups -OCH3 is 1. The zero-order valence-corrected chi connectivity index (χ0v) is 11.2. The van der Waals surface area contributed by atoms with Crippen LogP contribution in [0.1, 0.15) is 10.4 Å². The summed E-state index contributed by atoms with van der Waals surface area (Å²) in [5, 5.41) is 0.242. The number of benzene rings is 1. The van der Waals surface area contributed by atoms with Crippen molar-refractivity contribution in [3.63, 3.8) is 0 Å². The fraction of sp³-hybridized carbons (Fsp3) is 0.417. The van der Waals surface area contributed by atoms with E-state index in [1.165, 1.54) is 32.4 Å². The van der Waals surface area contributed by atoms with E-state index in [0.29, 0.717) is 5.75 Å². The van der Waals surface area contributed by atoms with Gasteiger partial charge in [-0.1, -0.05) is 11.6 Å². The molecule has 0 saturated heterocycles. The van der Waals surface area contributed by atoms with Gasteiger partial charge in [-0.3, -0.25) is 9.69 Å². The molecule has 0 aliphatic heterocycles. The zero-order chi connectivity index (χ0) is 14.6. The molecule has 1 aromatic carbocycles. The summed E-state index contributed by atoms with van der Waals surface area (Å²) in [6, 6.07) is 4.35. The molecule has 0 radical (unpaired) electrons. The number of Topliss-reactive ketones (excluding diaryl/α,β-unsaturated/α-hetero) is 1. The van der Waals surface area contributed by atoms with Gasteiger partial charge < -0.3 is 4.74 Å². The average molecular weight is 296 g/mol. The van der Waals surface area contributed by atoms with Crippen LogP contribution in [0.15, 0.2) is 18.2 Å². The van der Waals surface area contributed by atoms with E-state index in [0.717, 1.165) is 4.90 Å². The van der Waals surface area contributed by atoms with Gasteiger partial charge >= 0.3 is 6.18 Å². The van der Waals surface area contributed by atoms with E-state index in [1.807, 2.05) is 0 Å². The van der Waals surface area contributed by atoms with Crippen molar-refractivity contribution >= 4 is 17.4 Å². The van der Waals surface area contributed by atoms with E-state index in [-0.39, 0.29) is 17.1 Å². The Hall–Kier alpha value is -1.27. The Labute approximate surface area is 113 Å². The van der Waals surface area contributed by atoms with E-state index in [4.69, 9.17) is 16.3 Å². The molecule has 0 aliphatic carbocycles. The molecular weight excluding hydrogens is 283 g/mol. The SMILES string of the molecule is COc1ccc(C(=O)CN(C)CC(F)(F)F)cc1Cl. The molecule has 0 amide bonds. The van der Waals surface area contributed by atoms with Crippen LogP contribution in [0.5, 0.6) is 5.75 Å². The van der Waals surface area contributed by atoms with Crippen LogP contribution in [0.25, 0.3) is 0 Å². The van der Waals surface area contributed by atoms with Crippen LogP contribution in [0.3, 0.4) is 0 Å². The van der Waals surface area contributed by atoms with Crippen LogP contribution < -0.4 is 4.74 Å². The minimum atomic E-state index is -4.33. The van der Waals surface area contributed by atoms with Crippen molar-refractivity contribution in [3.8, 4) is 5.75 Å². The van der Waals surface area contributed by atoms with Gasteiger partial charge in [0.15, 0.2) is 5.78 Å². The number of ether oxygens (including phenoxy) is 1. The van der Waals surface area contributed by atoms with Gasteiger partial charge in [0.25, 0.3) is 0 Å². The molecule has 1 aromatic rings. The molecule has 0 bridgehead atoms. The second-order valence-electron chi connectivity index (χ2n) is 4.06. The Bertz CT molecular complexity index is 463. The van der Waals surface area contributed by atoms with Crippen LogP contribution in [-0.4, -0.2) is 44.1 Å². The molecule has 7 heteroatoms. The van der Waals surface area contributed by atoms with Gasteiger partial charge in [-0.05, 0) is 25.2 Å². The summed E-state index contributed by atoms with van der Waals surface area (Å²) in [6.07, 6.45) is -4.33. The van der Waals surface area contributed by atoms with Crippen molar-refractivity contribution < 1.29 is 22.7 Å². The summed E-state index contributed by atoms with van der Waals surface area (Å²) in [4.78, 5) is 12.7. The summed E-state index contributed by atoms with van der Waals surface area (Å²) >= 11 is 5.85. The number of hydrogen-bond donors (Lipinski definition) is 0. The lowest BCUT2D eigenvalue weighted by atomic mass is 10.1. The molecule has 3 nitrogen and oxygen atoms in total. The number of halogens is 4. The van der Waals surface area contributed by atoms with E-state index in [2.05, 4.69) is 0 Å². The van der Waals surface area contributed by atoms with Gasteiger partial charge in [0, 0.05) is 5.56 Å². The van der Waals surface area contributed by atoms with Crippen molar-refractivity contribution in [2.75, 3.05) is 27.2 Å². The Morgan fingerprint density at radius 2 is 2.05 bits per heavy atom. The molecule has 0 heterocycles. The summed E-state index contributed by atoms with van der Waals surface area (Å²) in [5.74, 6) is -0.0295. The van der Waals surface area contributed by atoms with Gasteiger partial charge in [-0.25, -0.2) is 0 Å². The normalized spacial score (nSPS) is 11.7. The second kappa shape index (κ2) is 6.25. The number of carbonyl (C=O) groups is 1. The number of carbonyl (C=O) groups excluding carboxylic acids is 1. The van der Waals surface area contributed by atoms with Gasteiger partial charge in [0.2, 0.25) is 0 Å². The molecular formula is C12H13ClF3NO2. The molecule has 0 atom stereocenters. The molecule has 1 rings (SSSR count). The highest BCUT2D eigenvalue weighted by Crippen LogP contribution is 2.25. The quantitative estimate of drug-likeness (QED) is 0.782. The number of alkyl halides is 3. The Kier molecular flexibility index (Phi) is 5.20. The van der Waals surface area contributed by atoms with Crippen LogP contribution in [-0.2, 0) is 0 Å². The lowest BCUT2D eigenvalue weighted by Gasteiger charge is -2.17. The molecule has 0 N–H and O–H groups in total. The molecule has 19 heavy (non-hydrogen) atoms. The first-order chi connectivity index (χ1) is 8.73. The lowest BCUT2D eigenvalue weighted by molar-refractivity contribution is -0.141. The third-order valence-electron chi connectivity index (χ3n) is 2.34. The molecule has 0 unspecified atom stereocenters. The topological polar surface area (TPSA) is 29.5 Å². The molecule has 0 spiro atoms. The first-order valence-electron chi connectivity index (χ1n) is 5.35. The number of rotatable bonds is 5. The highest BCUT2D eigenvalue weighted by Gasteiger charge is 2.29. The van der Waals surface area contributed by atoms with Crippen LogP contribution in [0, 0.1) is 0 Å². The maximum Gasteiger partial charge on any atom is 0.401 e. The predicted molar refractivity (Wildman–Crippen MR) is 65.9 cm³/mol. The van der Waals surface area contributed by atoms with Gasteiger partial charge in [0.1, 0.15) is 5.75 Å². The van der Waals surface area contributed by atoms with Crippen molar-refractivity contribution in [1.82, 2.24) is 4.90 Å². The lowest BCUT2D eigenvalue weighted by Crippen LogP contribution is -2.34. The highest BCUT2D eigenvalue weighted by molar-refractivity contribution is 6.32. The molecule has 0 aliphatic rings. The van der Waals surface area contributed by atoms with Crippen molar-refractivity contribution in [2.45, 2.75) is 6.18 Å². The first-order valence-corrected chi connectivity index (χ1v) is 5.73. The monoisotopic (exact) mass is 295 g/mol. The number of likely N-dealkylation sites (N-methyl/N-ethyl adjacent to an activating group) is 1. The van der Waals surface area contributed by atoms with E-state index in [1.54, 1.807) is 0 Å². The Morgan fingerprint density at radius 1 is 1.42 bits per heavy atom. The minimum Gasteiger partial charge on any atom is -0.495 e. The predicted octanol–water partition coefficient (Wildman–Crippen LogP) is 3.03. The summed E-state index contributed by atoms with van der Waals surface area (Å²) < 4.78 is 41.3. The number of hydrogen-bond acceptors (Lipinski definition) is 3. The van der Waals surface area contributed by atoms with Gasteiger partial charge in [-0.2, -0.15) is 13.2 Å². The number of ketones is 1. The third kappa shape index (κ3) is 5.08. The van der Waals surface area contributed by atoms with Crippen molar-refractivity contribution in [2.24, 2.45) is 0 Å². The Balaban J connectivity index is 2.71. The molecule has 0 fully saturated rings. The van der Waals surface area contributed by atoms with E-state index >= 15 is 0 Å². The molecule has 106 valence electrons. The number of nitrogens with zero attached hydrogens (tertiary/aromatic N) is 1. The van der Waals surface area contributed by atoms with Crippen LogP contribution >= 0.6 is 11.6 Å². The maximum absolute atomic E-state index is 12.1. The average Bonchev–Trinajstić information content (AvgIpc) is 2.26. The van der Waals surface area contributed by atoms with Crippen molar-refractivity contribution in [1.29, 1.82) is 0 Å². The maximum atomic E-state index is 12.1. The standard InChI is InChI=1S/C12H13ClF3NO2/c1-17(7-12(14,15)16)6-10(18)8-3-4-11(19-2)9(13)5-8/h3-5H,6-7H2,1-2H3. The fourth-order valence-corrected chi connectivity index (χ4v) is 1.80. The zero-order valence-electron chi connectivity index (χ0n) is 10.4. The third-order valence-corrected chi connectivity index (χ3v) is 2.63. The molecule has 0 aromatic heterocycles. The van der Waals surface area contributed by atoms with Gasteiger partial charge in [-0.15, -0.1) is 0 Å². The van der Waals surface area contributed by atoms with E-state index in [9.17, 15) is 18.0 Å². The summed E-state index contributed by atoms with van der Waals surface area (Å²) in [6.45, 7) is -1.47. The Morgan fingerprint density at radius 3 is 2.53 bits per heavy atom. The van der Waals surface area contributed by atoms with Crippen LogP contribution in [0.4, 0.5) is 13.2 Å². The van der Waals surface area contributed by atoms with Gasteiger partial charge in [0.05, 0.1) is 25.2 Å². The minimum absolute atomic E-state index is 0.242. The highest BCUT2D eigenvalue weighted by atomic mass is 35.5. The summed E-state index contributed by atoms with van der Waals surface area (Å²) in [5.41, 5.74) is 0.250. The van der Waals surface area contributed by atoms with Crippen molar-refractivity contribution in [3.05, 3.63) is 28.8 Å². The first kappa shape index (κ1) is 15.8.